The van der Waals surface area contributed by atoms with E-state index in [0.717, 1.165) is 32.6 Å². The smallest absolute Gasteiger partial charge is 0.232 e. The first-order valence-corrected chi connectivity index (χ1v) is 7.02. The molecule has 1 saturated heterocycles. The van der Waals surface area contributed by atoms with Gasteiger partial charge in [-0.15, -0.1) is 0 Å². The number of rotatable bonds is 4. The molecule has 90 valence electrons. The Morgan fingerprint density at radius 2 is 2.06 bits per heavy atom. The number of carbonyl (C=O) groups excluding carboxylic acids is 1. The highest BCUT2D eigenvalue weighted by atomic mass is 32.2. The monoisotopic (exact) mass is 241 g/mol. The minimum Gasteiger partial charge on any atom is -0.339 e. The Morgan fingerprint density at radius 3 is 2.50 bits per heavy atom. The second kappa shape index (κ2) is 6.77. The molecule has 0 aromatic heterocycles. The summed E-state index contributed by atoms with van der Waals surface area (Å²) in [5.41, 5.74) is 0. The van der Waals surface area contributed by atoms with Crippen LogP contribution in [0.15, 0.2) is 0 Å². The number of amides is 1. The lowest BCUT2D eigenvalue weighted by atomic mass is 10.2. The van der Waals surface area contributed by atoms with Crippen LogP contribution in [0.4, 0.5) is 0 Å². The molecule has 1 fully saturated rings. The molecular weight excluding hydrogens is 222 g/mol. The SMILES string of the molecule is CCC(C#N)N1CCN(C(=O)CSC)CC1. The van der Waals surface area contributed by atoms with Crippen LogP contribution in [0.25, 0.3) is 0 Å². The summed E-state index contributed by atoms with van der Waals surface area (Å²) < 4.78 is 0. The average molecular weight is 241 g/mol. The molecule has 0 saturated carbocycles. The fourth-order valence-corrected chi connectivity index (χ4v) is 2.36. The second-order valence-electron chi connectivity index (χ2n) is 3.90. The summed E-state index contributed by atoms with van der Waals surface area (Å²) in [5, 5.41) is 8.96. The first-order valence-electron chi connectivity index (χ1n) is 5.63. The van der Waals surface area contributed by atoms with Crippen LogP contribution >= 0.6 is 11.8 Å². The van der Waals surface area contributed by atoms with Crippen LogP contribution in [0, 0.1) is 11.3 Å². The van der Waals surface area contributed by atoms with Crippen molar-refractivity contribution in [2.45, 2.75) is 19.4 Å². The maximum atomic E-state index is 11.6. The third-order valence-electron chi connectivity index (χ3n) is 2.91. The van der Waals surface area contributed by atoms with E-state index in [1.54, 1.807) is 11.8 Å². The fraction of sp³-hybridized carbons (Fsp3) is 0.818. The van der Waals surface area contributed by atoms with E-state index in [1.165, 1.54) is 0 Å². The fourth-order valence-electron chi connectivity index (χ4n) is 1.93. The highest BCUT2D eigenvalue weighted by molar-refractivity contribution is 7.99. The molecule has 0 spiro atoms. The number of nitrogens with zero attached hydrogens (tertiary/aromatic N) is 3. The summed E-state index contributed by atoms with van der Waals surface area (Å²) in [4.78, 5) is 15.7. The first-order chi connectivity index (χ1) is 7.72. The number of piperazine rings is 1. The number of hydrogen-bond donors (Lipinski definition) is 0. The van der Waals surface area contributed by atoms with E-state index in [0.29, 0.717) is 5.75 Å². The highest BCUT2D eigenvalue weighted by Crippen LogP contribution is 2.09. The van der Waals surface area contributed by atoms with Crippen LogP contribution in [0.3, 0.4) is 0 Å². The molecule has 1 unspecified atom stereocenters. The summed E-state index contributed by atoms with van der Waals surface area (Å²) in [6.07, 6.45) is 2.80. The lowest BCUT2D eigenvalue weighted by Crippen LogP contribution is -2.52. The van der Waals surface area contributed by atoms with E-state index in [2.05, 4.69) is 11.0 Å². The Kier molecular flexibility index (Phi) is 5.64. The molecule has 0 bridgehead atoms. The predicted molar refractivity (Wildman–Crippen MR) is 66.2 cm³/mol. The average Bonchev–Trinajstić information content (AvgIpc) is 2.32. The van der Waals surface area contributed by atoms with Crippen molar-refractivity contribution in [3.05, 3.63) is 0 Å². The molecular formula is C11H19N3OS. The predicted octanol–water partition coefficient (Wildman–Crippen LogP) is 0.796. The van der Waals surface area contributed by atoms with Crippen LogP contribution in [0.1, 0.15) is 13.3 Å². The van der Waals surface area contributed by atoms with Crippen molar-refractivity contribution in [1.82, 2.24) is 9.80 Å². The topological polar surface area (TPSA) is 47.3 Å². The van der Waals surface area contributed by atoms with Crippen LogP contribution in [-0.2, 0) is 4.79 Å². The van der Waals surface area contributed by atoms with Gasteiger partial charge in [0, 0.05) is 26.2 Å². The molecule has 1 heterocycles. The highest BCUT2D eigenvalue weighted by Gasteiger charge is 2.24. The molecule has 0 aromatic rings. The van der Waals surface area contributed by atoms with Gasteiger partial charge in [0.2, 0.25) is 5.91 Å². The molecule has 1 aliphatic heterocycles. The third-order valence-corrected chi connectivity index (χ3v) is 3.45. The third kappa shape index (κ3) is 3.39. The summed E-state index contributed by atoms with van der Waals surface area (Å²) in [6.45, 7) is 5.20. The van der Waals surface area contributed by atoms with Gasteiger partial charge in [-0.3, -0.25) is 9.69 Å². The van der Waals surface area contributed by atoms with Crippen molar-refractivity contribution in [2.24, 2.45) is 0 Å². The van der Waals surface area contributed by atoms with Crippen molar-refractivity contribution in [3.8, 4) is 6.07 Å². The van der Waals surface area contributed by atoms with Gasteiger partial charge >= 0.3 is 0 Å². The molecule has 1 amide bonds. The van der Waals surface area contributed by atoms with E-state index in [-0.39, 0.29) is 11.9 Å². The molecule has 4 nitrogen and oxygen atoms in total. The Bertz CT molecular complexity index is 269. The molecule has 0 aromatic carbocycles. The van der Waals surface area contributed by atoms with Crippen molar-refractivity contribution >= 4 is 17.7 Å². The van der Waals surface area contributed by atoms with Gasteiger partial charge in [-0.2, -0.15) is 17.0 Å². The Balaban J connectivity index is 2.39. The minimum atomic E-state index is 0.0119. The molecule has 1 aliphatic rings. The Labute approximate surface area is 102 Å². The normalized spacial score (nSPS) is 19.2. The van der Waals surface area contributed by atoms with Crippen LogP contribution in [0.2, 0.25) is 0 Å². The summed E-state index contributed by atoms with van der Waals surface area (Å²) in [5.74, 6) is 0.785. The molecule has 1 atom stereocenters. The van der Waals surface area contributed by atoms with E-state index >= 15 is 0 Å². The van der Waals surface area contributed by atoms with Gasteiger partial charge in [0.05, 0.1) is 17.9 Å². The van der Waals surface area contributed by atoms with Crippen molar-refractivity contribution in [2.75, 3.05) is 38.2 Å². The summed E-state index contributed by atoms with van der Waals surface area (Å²) >= 11 is 1.56. The lowest BCUT2D eigenvalue weighted by Gasteiger charge is -2.36. The van der Waals surface area contributed by atoms with Crippen molar-refractivity contribution < 1.29 is 4.79 Å². The molecule has 0 radical (unpaired) electrons. The summed E-state index contributed by atoms with van der Waals surface area (Å²) in [7, 11) is 0. The van der Waals surface area contributed by atoms with E-state index in [9.17, 15) is 4.79 Å². The van der Waals surface area contributed by atoms with E-state index in [1.807, 2.05) is 18.1 Å². The van der Waals surface area contributed by atoms with E-state index in [4.69, 9.17) is 5.26 Å². The van der Waals surface area contributed by atoms with Gasteiger partial charge in [-0.1, -0.05) is 6.92 Å². The standard InChI is InChI=1S/C11H19N3OS/c1-3-10(8-12)13-4-6-14(7-5-13)11(15)9-16-2/h10H,3-7,9H2,1-2H3. The summed E-state index contributed by atoms with van der Waals surface area (Å²) in [6, 6.07) is 2.32. The van der Waals surface area contributed by atoms with Gasteiger partial charge in [-0.05, 0) is 12.7 Å². The quantitative estimate of drug-likeness (QED) is 0.730. The number of hydrogen-bond acceptors (Lipinski definition) is 4. The van der Waals surface area contributed by atoms with Crippen LogP contribution in [-0.4, -0.2) is 59.9 Å². The number of nitriles is 1. The lowest BCUT2D eigenvalue weighted by molar-refractivity contribution is -0.130. The maximum Gasteiger partial charge on any atom is 0.232 e. The molecule has 5 heteroatoms. The number of carbonyl (C=O) groups is 1. The first kappa shape index (κ1) is 13.3. The molecule has 1 rings (SSSR count). The van der Waals surface area contributed by atoms with Gasteiger partial charge < -0.3 is 4.90 Å². The Morgan fingerprint density at radius 1 is 1.44 bits per heavy atom. The van der Waals surface area contributed by atoms with Gasteiger partial charge in [0.15, 0.2) is 0 Å². The van der Waals surface area contributed by atoms with Crippen molar-refractivity contribution in [1.29, 1.82) is 5.26 Å². The number of thioether (sulfide) groups is 1. The molecule has 0 N–H and O–H groups in total. The van der Waals surface area contributed by atoms with E-state index < -0.39 is 0 Å². The Hall–Kier alpha value is -0.730. The zero-order chi connectivity index (χ0) is 12.0. The second-order valence-corrected chi connectivity index (χ2v) is 4.77. The molecule has 0 aliphatic carbocycles. The van der Waals surface area contributed by atoms with Crippen LogP contribution < -0.4 is 0 Å². The minimum absolute atomic E-state index is 0.0119. The molecule has 16 heavy (non-hydrogen) atoms. The van der Waals surface area contributed by atoms with Gasteiger partial charge in [0.25, 0.3) is 0 Å². The maximum absolute atomic E-state index is 11.6. The zero-order valence-electron chi connectivity index (χ0n) is 9.98. The largest absolute Gasteiger partial charge is 0.339 e. The van der Waals surface area contributed by atoms with Gasteiger partial charge in [-0.25, -0.2) is 0 Å². The van der Waals surface area contributed by atoms with Crippen molar-refractivity contribution in [3.63, 3.8) is 0 Å². The zero-order valence-corrected chi connectivity index (χ0v) is 10.8. The van der Waals surface area contributed by atoms with Gasteiger partial charge in [0.1, 0.15) is 0 Å². The van der Waals surface area contributed by atoms with Crippen LogP contribution in [0.5, 0.6) is 0 Å².